The molecular formula is C13H20O2. The minimum absolute atomic E-state index is 0.557. The molecule has 1 aromatic carbocycles. The fraction of sp³-hybridized carbons (Fsp3) is 0.538. The molecule has 0 fully saturated rings. The van der Waals surface area contributed by atoms with Crippen LogP contribution in [-0.2, 0) is 4.74 Å². The molecule has 1 atom stereocenters. The fourth-order valence-electron chi connectivity index (χ4n) is 1.56. The number of aryl methyl sites for hydroxylation is 1. The zero-order valence-corrected chi connectivity index (χ0v) is 10.2. The highest BCUT2D eigenvalue weighted by molar-refractivity contribution is 5.35. The van der Waals surface area contributed by atoms with Crippen LogP contribution in [0.15, 0.2) is 18.2 Å². The molecule has 84 valence electrons. The summed E-state index contributed by atoms with van der Waals surface area (Å²) in [6, 6.07) is 5.96. The smallest absolute Gasteiger partial charge is 0.108 e. The van der Waals surface area contributed by atoms with Gasteiger partial charge >= 0.3 is 0 Å². The molecule has 0 aliphatic carbocycles. The molecule has 2 nitrogen and oxygen atoms in total. The number of hydrogen-bond acceptors (Lipinski definition) is 2. The molecular weight excluding hydrogens is 188 g/mol. The number of rotatable bonds is 3. The van der Waals surface area contributed by atoms with Crippen LogP contribution in [0.3, 0.4) is 0 Å². The van der Waals surface area contributed by atoms with Gasteiger partial charge in [0.25, 0.3) is 0 Å². The first-order valence-electron chi connectivity index (χ1n) is 5.19. The van der Waals surface area contributed by atoms with Gasteiger partial charge in [-0.2, -0.15) is 0 Å². The lowest BCUT2D eigenvalue weighted by molar-refractivity contribution is -0.0795. The van der Waals surface area contributed by atoms with Gasteiger partial charge in [0.05, 0.1) is 5.60 Å². The lowest BCUT2D eigenvalue weighted by atomic mass is 9.90. The maximum absolute atomic E-state index is 10.2. The standard InChI is InChI=1S/C13H20O2/c1-9-7-6-8-11(10(9)2)12(14)13(3,4)15-5/h6-8,12,14H,1-5H3. The predicted octanol–water partition coefficient (Wildman–Crippen LogP) is 2.76. The molecule has 1 rings (SSSR count). The molecule has 0 aliphatic heterocycles. The Morgan fingerprint density at radius 1 is 1.27 bits per heavy atom. The molecule has 1 aromatic rings. The van der Waals surface area contributed by atoms with E-state index in [2.05, 4.69) is 0 Å². The van der Waals surface area contributed by atoms with Crippen LogP contribution in [0.4, 0.5) is 0 Å². The van der Waals surface area contributed by atoms with E-state index in [1.807, 2.05) is 45.9 Å². The van der Waals surface area contributed by atoms with Gasteiger partial charge in [0, 0.05) is 7.11 Å². The first-order valence-corrected chi connectivity index (χ1v) is 5.19. The summed E-state index contributed by atoms with van der Waals surface area (Å²) in [5, 5.41) is 10.2. The minimum atomic E-state index is -0.595. The van der Waals surface area contributed by atoms with Gasteiger partial charge in [0.1, 0.15) is 6.10 Å². The van der Waals surface area contributed by atoms with Gasteiger partial charge in [0.15, 0.2) is 0 Å². The van der Waals surface area contributed by atoms with Crippen molar-refractivity contribution in [3.8, 4) is 0 Å². The van der Waals surface area contributed by atoms with Crippen molar-refractivity contribution in [1.29, 1.82) is 0 Å². The summed E-state index contributed by atoms with van der Waals surface area (Å²) < 4.78 is 5.30. The summed E-state index contributed by atoms with van der Waals surface area (Å²) in [6.07, 6.45) is -0.595. The third-order valence-electron chi connectivity index (χ3n) is 3.13. The van der Waals surface area contributed by atoms with Crippen molar-refractivity contribution >= 4 is 0 Å². The van der Waals surface area contributed by atoms with Crippen LogP contribution in [0, 0.1) is 13.8 Å². The van der Waals surface area contributed by atoms with Crippen molar-refractivity contribution in [2.45, 2.75) is 39.4 Å². The summed E-state index contributed by atoms with van der Waals surface area (Å²) in [5.74, 6) is 0. The molecule has 0 radical (unpaired) electrons. The number of aliphatic hydroxyl groups excluding tert-OH is 1. The highest BCUT2D eigenvalue weighted by Gasteiger charge is 2.29. The van der Waals surface area contributed by atoms with Crippen LogP contribution in [-0.4, -0.2) is 17.8 Å². The van der Waals surface area contributed by atoms with Crippen LogP contribution in [0.25, 0.3) is 0 Å². The summed E-state index contributed by atoms with van der Waals surface area (Å²) in [4.78, 5) is 0. The Morgan fingerprint density at radius 2 is 1.87 bits per heavy atom. The molecule has 0 heterocycles. The van der Waals surface area contributed by atoms with Crippen molar-refractivity contribution in [3.05, 3.63) is 34.9 Å². The topological polar surface area (TPSA) is 29.5 Å². The maximum Gasteiger partial charge on any atom is 0.108 e. The minimum Gasteiger partial charge on any atom is -0.385 e. The van der Waals surface area contributed by atoms with Crippen molar-refractivity contribution in [3.63, 3.8) is 0 Å². The second-order valence-electron chi connectivity index (χ2n) is 4.50. The largest absolute Gasteiger partial charge is 0.385 e. The molecule has 0 aromatic heterocycles. The number of aliphatic hydroxyl groups is 1. The molecule has 1 unspecified atom stereocenters. The Bertz CT molecular complexity index is 342. The zero-order chi connectivity index (χ0) is 11.6. The van der Waals surface area contributed by atoms with E-state index in [-0.39, 0.29) is 0 Å². The Hall–Kier alpha value is -0.860. The van der Waals surface area contributed by atoms with Crippen LogP contribution >= 0.6 is 0 Å². The molecule has 0 aliphatic rings. The lowest BCUT2D eigenvalue weighted by Gasteiger charge is -2.30. The molecule has 0 amide bonds. The summed E-state index contributed by atoms with van der Waals surface area (Å²) in [5.41, 5.74) is 2.72. The first kappa shape index (κ1) is 12.2. The van der Waals surface area contributed by atoms with E-state index in [1.165, 1.54) is 5.56 Å². The third-order valence-corrected chi connectivity index (χ3v) is 3.13. The summed E-state index contributed by atoms with van der Waals surface area (Å²) >= 11 is 0. The molecule has 0 spiro atoms. The van der Waals surface area contributed by atoms with Crippen LogP contribution < -0.4 is 0 Å². The van der Waals surface area contributed by atoms with E-state index in [0.717, 1.165) is 11.1 Å². The van der Waals surface area contributed by atoms with Crippen molar-refractivity contribution < 1.29 is 9.84 Å². The fourth-order valence-corrected chi connectivity index (χ4v) is 1.56. The predicted molar refractivity (Wildman–Crippen MR) is 62.0 cm³/mol. The maximum atomic E-state index is 10.2. The summed E-state index contributed by atoms with van der Waals surface area (Å²) in [7, 11) is 1.62. The Kier molecular flexibility index (Phi) is 3.53. The molecule has 15 heavy (non-hydrogen) atoms. The van der Waals surface area contributed by atoms with Crippen molar-refractivity contribution in [2.75, 3.05) is 7.11 Å². The molecule has 0 saturated carbocycles. The number of ether oxygens (including phenoxy) is 1. The van der Waals surface area contributed by atoms with Crippen molar-refractivity contribution in [2.24, 2.45) is 0 Å². The van der Waals surface area contributed by atoms with Gasteiger partial charge in [-0.05, 0) is 44.4 Å². The van der Waals surface area contributed by atoms with E-state index in [1.54, 1.807) is 7.11 Å². The Morgan fingerprint density at radius 3 is 2.40 bits per heavy atom. The van der Waals surface area contributed by atoms with Gasteiger partial charge in [-0.15, -0.1) is 0 Å². The monoisotopic (exact) mass is 208 g/mol. The average Bonchev–Trinajstić information content (AvgIpc) is 2.21. The highest BCUT2D eigenvalue weighted by Crippen LogP contribution is 2.30. The van der Waals surface area contributed by atoms with E-state index in [0.29, 0.717) is 0 Å². The first-order chi connectivity index (χ1) is 6.90. The van der Waals surface area contributed by atoms with Crippen molar-refractivity contribution in [1.82, 2.24) is 0 Å². The molecule has 2 heteroatoms. The van der Waals surface area contributed by atoms with Crippen LogP contribution in [0.5, 0.6) is 0 Å². The lowest BCUT2D eigenvalue weighted by Crippen LogP contribution is -2.31. The Balaban J connectivity index is 3.12. The van der Waals surface area contributed by atoms with E-state index < -0.39 is 11.7 Å². The normalized spacial score (nSPS) is 14.0. The SMILES string of the molecule is COC(C)(C)C(O)c1cccc(C)c1C. The zero-order valence-electron chi connectivity index (χ0n) is 10.2. The van der Waals surface area contributed by atoms with E-state index in [4.69, 9.17) is 4.74 Å². The van der Waals surface area contributed by atoms with E-state index in [9.17, 15) is 5.11 Å². The van der Waals surface area contributed by atoms with E-state index >= 15 is 0 Å². The molecule has 0 saturated heterocycles. The quantitative estimate of drug-likeness (QED) is 0.827. The van der Waals surface area contributed by atoms with Gasteiger partial charge in [0.2, 0.25) is 0 Å². The van der Waals surface area contributed by atoms with Gasteiger partial charge in [-0.1, -0.05) is 18.2 Å². The third kappa shape index (κ3) is 2.39. The van der Waals surface area contributed by atoms with Gasteiger partial charge in [-0.3, -0.25) is 0 Å². The second kappa shape index (κ2) is 4.33. The summed E-state index contributed by atoms with van der Waals surface area (Å²) in [6.45, 7) is 7.85. The second-order valence-corrected chi connectivity index (χ2v) is 4.50. The number of hydrogen-bond donors (Lipinski definition) is 1. The number of methoxy groups -OCH3 is 1. The Labute approximate surface area is 91.9 Å². The molecule has 0 bridgehead atoms. The van der Waals surface area contributed by atoms with Crippen LogP contribution in [0.1, 0.15) is 36.6 Å². The average molecular weight is 208 g/mol. The highest BCUT2D eigenvalue weighted by atomic mass is 16.5. The van der Waals surface area contributed by atoms with Crippen LogP contribution in [0.2, 0.25) is 0 Å². The van der Waals surface area contributed by atoms with Gasteiger partial charge < -0.3 is 9.84 Å². The van der Waals surface area contributed by atoms with Gasteiger partial charge in [-0.25, -0.2) is 0 Å². The molecule has 1 N–H and O–H groups in total. The number of benzene rings is 1.